The minimum Gasteiger partial charge on any atom is -0.422 e. The van der Waals surface area contributed by atoms with Crippen LogP contribution in [0.1, 0.15) is 15.9 Å². The Morgan fingerprint density at radius 2 is 1.78 bits per heavy atom. The molecular formula is C17H11N3O7. The number of carbonyl (C=O) groups excluding carboxylic acids is 1. The van der Waals surface area contributed by atoms with E-state index in [2.05, 4.69) is 5.32 Å². The maximum atomic E-state index is 12.5. The van der Waals surface area contributed by atoms with Gasteiger partial charge in [0.05, 0.1) is 15.9 Å². The number of carbonyl (C=O) groups is 1. The van der Waals surface area contributed by atoms with Crippen LogP contribution < -0.4 is 10.9 Å². The zero-order chi connectivity index (χ0) is 19.7. The second-order valence-corrected chi connectivity index (χ2v) is 5.61. The van der Waals surface area contributed by atoms with Crippen LogP contribution in [0.3, 0.4) is 0 Å². The molecule has 3 rings (SSSR count). The monoisotopic (exact) mass is 369 g/mol. The number of para-hydroxylation sites is 1. The van der Waals surface area contributed by atoms with E-state index in [9.17, 15) is 29.8 Å². The Hall–Kier alpha value is -4.08. The number of rotatable bonds is 4. The number of amides is 1. The molecule has 0 saturated heterocycles. The summed E-state index contributed by atoms with van der Waals surface area (Å²) in [5, 5.41) is 24.9. The van der Waals surface area contributed by atoms with E-state index in [1.165, 1.54) is 13.0 Å². The number of hydrogen-bond donors (Lipinski definition) is 1. The molecule has 1 aromatic heterocycles. The lowest BCUT2D eigenvalue weighted by Crippen LogP contribution is -2.21. The van der Waals surface area contributed by atoms with Crippen molar-refractivity contribution in [2.24, 2.45) is 0 Å². The molecule has 0 fully saturated rings. The highest BCUT2D eigenvalue weighted by atomic mass is 16.6. The number of non-ortho nitro benzene ring substituents is 1. The molecule has 0 aliphatic rings. The highest BCUT2D eigenvalue weighted by molar-refractivity contribution is 6.07. The average molecular weight is 369 g/mol. The Kier molecular flexibility index (Phi) is 4.38. The first-order chi connectivity index (χ1) is 12.8. The SMILES string of the molecule is Cc1cc([N+](=O)[O-])cc([N+](=O)[O-])c1NC(=O)c1cc2ccccc2oc1=O. The van der Waals surface area contributed by atoms with Gasteiger partial charge in [0.2, 0.25) is 0 Å². The van der Waals surface area contributed by atoms with Crippen molar-refractivity contribution in [2.75, 3.05) is 5.32 Å². The van der Waals surface area contributed by atoms with Gasteiger partial charge in [-0.3, -0.25) is 25.0 Å². The van der Waals surface area contributed by atoms with Crippen molar-refractivity contribution < 1.29 is 19.1 Å². The third-order valence-electron chi connectivity index (χ3n) is 3.83. The van der Waals surface area contributed by atoms with E-state index in [1.54, 1.807) is 24.3 Å². The van der Waals surface area contributed by atoms with Crippen molar-refractivity contribution in [3.05, 3.63) is 84.2 Å². The number of hydrogen-bond acceptors (Lipinski definition) is 7. The first-order valence-corrected chi connectivity index (χ1v) is 7.55. The standard InChI is InChI=1S/C17H11N3O7/c1-9-6-11(19(23)24)8-13(20(25)26)15(9)18-16(21)12-7-10-4-2-3-5-14(10)27-17(12)22/h2-8H,1H3,(H,18,21). The molecule has 0 aliphatic heterocycles. The molecule has 10 heteroatoms. The zero-order valence-corrected chi connectivity index (χ0v) is 13.8. The second-order valence-electron chi connectivity index (χ2n) is 5.61. The van der Waals surface area contributed by atoms with Crippen LogP contribution in [0.15, 0.2) is 51.7 Å². The van der Waals surface area contributed by atoms with Gasteiger partial charge < -0.3 is 9.73 Å². The van der Waals surface area contributed by atoms with Crippen molar-refractivity contribution in [3.8, 4) is 0 Å². The fraction of sp³-hybridized carbons (Fsp3) is 0.0588. The number of nitro benzene ring substituents is 2. The molecule has 1 amide bonds. The second kappa shape index (κ2) is 6.67. The average Bonchev–Trinajstić information content (AvgIpc) is 2.62. The topological polar surface area (TPSA) is 146 Å². The minimum absolute atomic E-state index is 0.106. The summed E-state index contributed by atoms with van der Waals surface area (Å²) < 4.78 is 5.07. The summed E-state index contributed by atoms with van der Waals surface area (Å²) in [5.74, 6) is -0.922. The van der Waals surface area contributed by atoms with E-state index < -0.39 is 32.8 Å². The largest absolute Gasteiger partial charge is 0.422 e. The lowest BCUT2D eigenvalue weighted by Gasteiger charge is -2.09. The number of aryl methyl sites for hydroxylation is 1. The van der Waals surface area contributed by atoms with Gasteiger partial charge in [-0.15, -0.1) is 0 Å². The van der Waals surface area contributed by atoms with Crippen molar-refractivity contribution in [3.63, 3.8) is 0 Å². The molecule has 2 aromatic carbocycles. The fourth-order valence-corrected chi connectivity index (χ4v) is 2.56. The van der Waals surface area contributed by atoms with Crippen LogP contribution in [0, 0.1) is 27.2 Å². The van der Waals surface area contributed by atoms with Gasteiger partial charge in [-0.05, 0) is 24.6 Å². The van der Waals surface area contributed by atoms with Gasteiger partial charge >= 0.3 is 5.63 Å². The van der Waals surface area contributed by atoms with E-state index in [0.717, 1.165) is 12.1 Å². The molecule has 0 radical (unpaired) electrons. The number of nitrogens with zero attached hydrogens (tertiary/aromatic N) is 2. The summed E-state index contributed by atoms with van der Waals surface area (Å²) in [4.78, 5) is 45.1. The van der Waals surface area contributed by atoms with E-state index >= 15 is 0 Å². The number of nitrogens with one attached hydrogen (secondary N) is 1. The molecule has 1 N–H and O–H groups in total. The van der Waals surface area contributed by atoms with Gasteiger partial charge in [-0.1, -0.05) is 18.2 Å². The lowest BCUT2D eigenvalue weighted by atomic mass is 10.1. The maximum Gasteiger partial charge on any atom is 0.349 e. The van der Waals surface area contributed by atoms with Crippen molar-refractivity contribution in [1.82, 2.24) is 0 Å². The third-order valence-corrected chi connectivity index (χ3v) is 3.83. The molecule has 27 heavy (non-hydrogen) atoms. The van der Waals surface area contributed by atoms with E-state index in [4.69, 9.17) is 4.42 Å². The van der Waals surface area contributed by atoms with Crippen molar-refractivity contribution >= 4 is 33.9 Å². The molecule has 0 unspecified atom stereocenters. The Labute approximate surface area is 150 Å². The molecule has 3 aromatic rings. The summed E-state index contributed by atoms with van der Waals surface area (Å²) in [6.45, 7) is 1.37. The van der Waals surface area contributed by atoms with Gasteiger partial charge in [-0.25, -0.2) is 4.79 Å². The number of fused-ring (bicyclic) bond motifs is 1. The summed E-state index contributed by atoms with van der Waals surface area (Å²) in [6.07, 6.45) is 0. The Morgan fingerprint density at radius 1 is 1.07 bits per heavy atom. The third kappa shape index (κ3) is 3.35. The van der Waals surface area contributed by atoms with Crippen LogP contribution >= 0.6 is 0 Å². The molecule has 0 spiro atoms. The van der Waals surface area contributed by atoms with Crippen LogP contribution in [0.5, 0.6) is 0 Å². The summed E-state index contributed by atoms with van der Waals surface area (Å²) in [7, 11) is 0. The predicted molar refractivity (Wildman–Crippen MR) is 94.9 cm³/mol. The predicted octanol–water partition coefficient (Wildman–Crippen LogP) is 3.17. The number of benzene rings is 2. The molecular weight excluding hydrogens is 358 g/mol. The Balaban J connectivity index is 2.06. The molecule has 0 aliphatic carbocycles. The first kappa shape index (κ1) is 17.7. The smallest absolute Gasteiger partial charge is 0.349 e. The molecule has 1 heterocycles. The zero-order valence-electron chi connectivity index (χ0n) is 13.8. The lowest BCUT2D eigenvalue weighted by molar-refractivity contribution is -0.393. The highest BCUT2D eigenvalue weighted by Crippen LogP contribution is 2.33. The summed E-state index contributed by atoms with van der Waals surface area (Å²) in [6, 6.07) is 9.68. The van der Waals surface area contributed by atoms with Crippen molar-refractivity contribution in [1.29, 1.82) is 0 Å². The Morgan fingerprint density at radius 3 is 2.44 bits per heavy atom. The van der Waals surface area contributed by atoms with Crippen molar-refractivity contribution in [2.45, 2.75) is 6.92 Å². The highest BCUT2D eigenvalue weighted by Gasteiger charge is 2.25. The Bertz CT molecular complexity index is 1170. The van der Waals surface area contributed by atoms with E-state index in [-0.39, 0.29) is 22.4 Å². The molecule has 0 bridgehead atoms. The normalized spacial score (nSPS) is 10.6. The van der Waals surface area contributed by atoms with Crippen LogP contribution in [-0.2, 0) is 0 Å². The van der Waals surface area contributed by atoms with Gasteiger partial charge in [-0.2, -0.15) is 0 Å². The fourth-order valence-electron chi connectivity index (χ4n) is 2.56. The molecule has 136 valence electrons. The molecule has 10 nitrogen and oxygen atoms in total. The van der Waals surface area contributed by atoms with Gasteiger partial charge in [0.25, 0.3) is 17.3 Å². The van der Waals surface area contributed by atoms with Crippen LogP contribution in [0.4, 0.5) is 17.1 Å². The van der Waals surface area contributed by atoms with Crippen LogP contribution in [-0.4, -0.2) is 15.8 Å². The first-order valence-electron chi connectivity index (χ1n) is 7.55. The van der Waals surface area contributed by atoms with Crippen LogP contribution in [0.25, 0.3) is 11.0 Å². The van der Waals surface area contributed by atoms with Gasteiger partial charge in [0, 0.05) is 11.5 Å². The summed E-state index contributed by atoms with van der Waals surface area (Å²) >= 11 is 0. The quantitative estimate of drug-likeness (QED) is 0.422. The van der Waals surface area contributed by atoms with Gasteiger partial charge in [0.15, 0.2) is 0 Å². The van der Waals surface area contributed by atoms with E-state index in [0.29, 0.717) is 5.39 Å². The molecule has 0 saturated carbocycles. The minimum atomic E-state index is -0.922. The number of anilines is 1. The molecule has 0 atom stereocenters. The van der Waals surface area contributed by atoms with Crippen LogP contribution in [0.2, 0.25) is 0 Å². The maximum absolute atomic E-state index is 12.5. The van der Waals surface area contributed by atoms with E-state index in [1.807, 2.05) is 0 Å². The number of nitro groups is 2. The summed E-state index contributed by atoms with van der Waals surface area (Å²) in [5.41, 5.74) is -2.23. The van der Waals surface area contributed by atoms with Gasteiger partial charge in [0.1, 0.15) is 16.8 Å².